The largest absolute Gasteiger partial charge is 0.475 e. The smallest absolute Gasteiger partial charge is 0.421 e. The van der Waals surface area contributed by atoms with E-state index < -0.39 is 0 Å². The van der Waals surface area contributed by atoms with Crippen molar-refractivity contribution in [1.29, 1.82) is 0 Å². The second-order valence-corrected chi connectivity index (χ2v) is 23.8. The van der Waals surface area contributed by atoms with Crippen LogP contribution in [0.3, 0.4) is 0 Å². The molecule has 3 saturated heterocycles. The van der Waals surface area contributed by atoms with Crippen LogP contribution in [0.2, 0.25) is 0 Å². The highest BCUT2D eigenvalue weighted by atomic mass is 16.7. The number of rotatable bonds is 15. The number of anilines is 3. The molecule has 3 aliphatic heterocycles. The van der Waals surface area contributed by atoms with E-state index in [0.717, 1.165) is 62.7 Å². The van der Waals surface area contributed by atoms with Crippen molar-refractivity contribution in [1.82, 2.24) is 61.0 Å². The second kappa shape index (κ2) is 40.2. The first-order chi connectivity index (χ1) is 50.3. The van der Waals surface area contributed by atoms with Crippen LogP contribution >= 0.6 is 0 Å². The van der Waals surface area contributed by atoms with Crippen LogP contribution in [-0.2, 0) is 16.2 Å². The summed E-state index contributed by atoms with van der Waals surface area (Å²) >= 11 is 0. The Labute approximate surface area is 611 Å². The fraction of sp³-hybridized carbons (Fsp3) is 0.260. The number of piperidine rings is 3. The third-order valence-electron chi connectivity index (χ3n) is 17.6. The van der Waals surface area contributed by atoms with Crippen LogP contribution < -0.4 is 58.4 Å². The van der Waals surface area contributed by atoms with Crippen LogP contribution in [0.1, 0.15) is 102 Å². The minimum Gasteiger partial charge on any atom is -0.421 e. The number of nitrogens with one attached hydrogen (secondary N) is 4. The molecule has 28 heteroatoms. The highest BCUT2D eigenvalue weighted by Gasteiger charge is 2.40. The first-order valence-electron chi connectivity index (χ1n) is 33.0. The number of hydrogen-bond acceptors (Lipinski definition) is 19. The van der Waals surface area contributed by atoms with Gasteiger partial charge >= 0.3 is 12.1 Å². The summed E-state index contributed by atoms with van der Waals surface area (Å²) in [5, 5.41) is 23.3. The molecule has 6 heterocycles. The summed E-state index contributed by atoms with van der Waals surface area (Å²) < 4.78 is 16.6. The van der Waals surface area contributed by atoms with Crippen molar-refractivity contribution in [2.24, 2.45) is 21.0 Å². The van der Waals surface area contributed by atoms with Crippen LogP contribution in [0, 0.1) is 19.7 Å². The number of nitrogens with zero attached hydrogens (tertiary/aromatic N) is 14. The van der Waals surface area contributed by atoms with Crippen LogP contribution in [0.4, 0.5) is 17.5 Å². The molecule has 0 spiro atoms. The van der Waals surface area contributed by atoms with Gasteiger partial charge in [0.2, 0.25) is 0 Å². The van der Waals surface area contributed by atoms with E-state index in [1.807, 2.05) is 131 Å². The van der Waals surface area contributed by atoms with E-state index in [1.165, 1.54) is 42.7 Å². The summed E-state index contributed by atoms with van der Waals surface area (Å²) in [6.45, 7) is 26.6. The molecule has 105 heavy (non-hydrogen) atoms. The number of carbonyl (C=O) groups excluding carboxylic acids is 3. The molecule has 0 radical (unpaired) electrons. The number of likely N-dealkylation sites (tertiary alicyclic amines) is 2. The first-order valence-corrected chi connectivity index (χ1v) is 33.0. The maximum absolute atomic E-state index is 12.8. The molecular formula is C77H86N22O6. The van der Waals surface area contributed by atoms with Gasteiger partial charge < -0.3 is 68.2 Å². The number of guanidine groups is 1. The average molecular weight is 1420 g/mol. The number of hydrogen-bond donors (Lipinski definition) is 8. The lowest BCUT2D eigenvalue weighted by molar-refractivity contribution is 0.0919. The van der Waals surface area contributed by atoms with Gasteiger partial charge in [0.1, 0.15) is 27.5 Å². The van der Waals surface area contributed by atoms with Crippen molar-refractivity contribution in [2.45, 2.75) is 69.6 Å². The number of aromatic nitrogens is 6. The highest BCUT2D eigenvalue weighted by Crippen LogP contribution is 2.38. The SMILES string of the molecule is C.C.Nc1nccnc1C(=O)NCC1(c2ccccc2)CCNCC1.[C-]#[N+]/N=C(/N)N1CCC(CNC(=O)c2nccnc2N)(c2ccccc2)CC1.[C-]#[N+]/N=C(/Oc1ccccc1)N1CCC(CNC(=O)c2nccnc2N)(c2ccccc2)CC1.[C-]#[N+]N=C(Oc1ccccc1)Oc1ccccc1. The molecule has 0 saturated carbocycles. The number of carbonyl (C=O) groups is 3. The monoisotopic (exact) mass is 1410 g/mol. The molecule has 12 rings (SSSR count). The summed E-state index contributed by atoms with van der Waals surface area (Å²) in [4.78, 5) is 74.6. The van der Waals surface area contributed by atoms with Crippen molar-refractivity contribution < 1.29 is 28.6 Å². The fourth-order valence-electron chi connectivity index (χ4n) is 12.0. The third kappa shape index (κ3) is 22.3. The van der Waals surface area contributed by atoms with E-state index in [2.05, 4.69) is 118 Å². The van der Waals surface area contributed by atoms with Gasteiger partial charge in [-0.05, 0) is 105 Å². The summed E-state index contributed by atoms with van der Waals surface area (Å²) in [6, 6.07) is 58.2. The molecule has 0 aliphatic carbocycles. The van der Waals surface area contributed by atoms with Crippen LogP contribution in [0.25, 0.3) is 14.9 Å². The molecular weight excluding hydrogens is 1330 g/mol. The third-order valence-corrected chi connectivity index (χ3v) is 17.6. The zero-order valence-electron chi connectivity index (χ0n) is 56.4. The number of benzene rings is 6. The zero-order valence-corrected chi connectivity index (χ0v) is 56.4. The van der Waals surface area contributed by atoms with Crippen LogP contribution in [0.5, 0.6) is 17.2 Å². The zero-order chi connectivity index (χ0) is 72.5. The molecule has 9 aromatic rings. The standard InChI is InChI=1S/C25H25N7O2.C19H22N8O.C17H21N5O.C14H10N2O2.2CH4/c1-27-31-24(34-20-10-6-3-7-11-20)32-16-12-25(13-17-32,19-8-4-2-5-9-19)18-30-23(33)21-22(26)29-15-14-28-21;1-22-26-18(21)27-11-7-19(8-12-27,14-5-3-2-4-6-14)13-25-17(28)15-16(20)24-10-9-23-15;18-15-14(20-10-11-21-15)16(23)22-12-17(6-8-19-9-7-17)13-4-2-1-3-5-13;1-15-16-14(17-12-8-4-2-5-9-12)18-13-10-6-3-7-11-13;;/h2-11,14-15H,12-13,16-18H2,(H2,26,29)(H,30,33);2-6,9-10H,7-8,11-13H2,(H2,20,24)(H2,21,26)(H,25,28);1-5,10-11,19H,6-9,12H2,(H2,18,21)(H,22,23);2-11H;2*1H4/b31-24+;;;;;. The quantitative estimate of drug-likeness (QED) is 0.0205. The predicted molar refractivity (Wildman–Crippen MR) is 405 cm³/mol. The lowest BCUT2D eigenvalue weighted by Gasteiger charge is -2.42. The van der Waals surface area contributed by atoms with Crippen molar-refractivity contribution in [2.75, 3.05) is 76.1 Å². The van der Waals surface area contributed by atoms with Crippen molar-refractivity contribution in [3.05, 3.63) is 288 Å². The summed E-state index contributed by atoms with van der Waals surface area (Å²) in [5.74, 6) is 1.36. The normalized spacial score (nSPS) is 14.5. The predicted octanol–water partition coefficient (Wildman–Crippen LogP) is 9.78. The molecule has 3 aliphatic rings. The van der Waals surface area contributed by atoms with Gasteiger partial charge in [-0.1, -0.05) is 160 Å². The van der Waals surface area contributed by atoms with E-state index >= 15 is 0 Å². The number of amides is 3. The molecule has 12 N–H and O–H groups in total. The lowest BCUT2D eigenvalue weighted by atomic mass is 9.72. The Hall–Kier alpha value is -13.4. The van der Waals surface area contributed by atoms with E-state index in [0.29, 0.717) is 63.1 Å². The Kier molecular flexibility index (Phi) is 30.2. The maximum Gasteiger partial charge on any atom is 0.475 e. The topological polar surface area (TPSA) is 365 Å². The second-order valence-electron chi connectivity index (χ2n) is 23.8. The van der Waals surface area contributed by atoms with Gasteiger partial charge in [0, 0.05) is 99.2 Å². The number of nitrogens with two attached hydrogens (primary N) is 4. The molecule has 3 aromatic heterocycles. The molecule has 0 bridgehead atoms. The molecule has 540 valence electrons. The molecule has 0 unspecified atom stereocenters. The average Bonchev–Trinajstić information content (AvgIpc) is 0.807. The van der Waals surface area contributed by atoms with Crippen molar-refractivity contribution in [3.8, 4) is 17.2 Å². The summed E-state index contributed by atoms with van der Waals surface area (Å²) in [7, 11) is 0. The molecule has 28 nitrogen and oxygen atoms in total. The Balaban J connectivity index is 0.000000199. The van der Waals surface area contributed by atoms with Gasteiger partial charge in [-0.15, -0.1) is 14.9 Å². The van der Waals surface area contributed by atoms with E-state index in [4.69, 9.17) is 56.9 Å². The van der Waals surface area contributed by atoms with Crippen molar-refractivity contribution in [3.63, 3.8) is 0 Å². The minimum atomic E-state index is -0.356. The minimum absolute atomic E-state index is 0. The maximum atomic E-state index is 12.8. The van der Waals surface area contributed by atoms with E-state index in [-0.39, 0.29) is 101 Å². The number of amidine groups is 1. The molecule has 6 aromatic carbocycles. The Bertz CT molecular complexity index is 4380. The van der Waals surface area contributed by atoms with Gasteiger partial charge in [0.25, 0.3) is 23.7 Å². The van der Waals surface area contributed by atoms with E-state index in [9.17, 15) is 14.4 Å². The fourth-order valence-corrected chi connectivity index (χ4v) is 12.0. The lowest BCUT2D eigenvalue weighted by Crippen LogP contribution is -2.52. The molecule has 0 atom stereocenters. The number of ether oxygens (including phenoxy) is 3. The summed E-state index contributed by atoms with van der Waals surface area (Å²) in [6.07, 6.45) is 13.6. The summed E-state index contributed by atoms with van der Waals surface area (Å²) in [5.41, 5.74) is 26.5. The van der Waals surface area contributed by atoms with Gasteiger partial charge in [0.05, 0.1) is 0 Å². The van der Waals surface area contributed by atoms with Gasteiger partial charge in [0.15, 0.2) is 39.6 Å². The van der Waals surface area contributed by atoms with Gasteiger partial charge in [-0.3, -0.25) is 14.4 Å². The van der Waals surface area contributed by atoms with Crippen LogP contribution in [-0.4, -0.2) is 134 Å². The van der Waals surface area contributed by atoms with Gasteiger partial charge in [-0.2, -0.15) is 19.7 Å². The Morgan fingerprint density at radius 3 is 1.04 bits per heavy atom. The highest BCUT2D eigenvalue weighted by molar-refractivity contribution is 5.97. The Morgan fingerprint density at radius 2 is 0.714 bits per heavy atom. The number of nitrogen functional groups attached to an aromatic ring is 3. The Morgan fingerprint density at radius 1 is 0.419 bits per heavy atom. The number of para-hydroxylation sites is 3. The molecule has 3 fully saturated rings. The van der Waals surface area contributed by atoms with Crippen LogP contribution in [0.15, 0.2) is 234 Å². The molecule has 3 amide bonds. The van der Waals surface area contributed by atoms with Crippen molar-refractivity contribution >= 4 is 53.2 Å². The van der Waals surface area contributed by atoms with E-state index in [1.54, 1.807) is 24.3 Å². The first kappa shape index (κ1) is 78.9. The van der Waals surface area contributed by atoms with Gasteiger partial charge in [-0.25, -0.2) is 29.9 Å².